The first-order valence-corrected chi connectivity index (χ1v) is 5.66. The summed E-state index contributed by atoms with van der Waals surface area (Å²) in [7, 11) is 0. The second-order valence-corrected chi connectivity index (χ2v) is 4.28. The molecule has 0 bridgehead atoms. The molecule has 0 fully saturated rings. The minimum atomic E-state index is -1.32. The van der Waals surface area contributed by atoms with Crippen LogP contribution in [-0.4, -0.2) is 22.6 Å². The molecule has 0 aromatic heterocycles. The van der Waals surface area contributed by atoms with E-state index in [0.29, 0.717) is 0 Å². The number of carboxylic acid groups (broad SMARTS) is 1. The smallest absolute Gasteiger partial charge is 0.335 e. The van der Waals surface area contributed by atoms with Crippen LogP contribution in [-0.2, 0) is 0 Å². The van der Waals surface area contributed by atoms with E-state index in [4.69, 9.17) is 5.11 Å². The van der Waals surface area contributed by atoms with Crippen LogP contribution in [0.5, 0.6) is 0 Å². The molecule has 0 aliphatic heterocycles. The molecule has 1 aromatic carbocycles. The number of carboxylic acids is 1. The van der Waals surface area contributed by atoms with E-state index in [0.717, 1.165) is 18.2 Å². The highest BCUT2D eigenvalue weighted by Crippen LogP contribution is 2.34. The van der Waals surface area contributed by atoms with Crippen molar-refractivity contribution >= 4 is 17.5 Å². The molecule has 0 saturated heterocycles. The highest BCUT2D eigenvalue weighted by molar-refractivity contribution is 6.29. The molecular weight excluding hydrogens is 282 g/mol. The predicted molar refractivity (Wildman–Crippen MR) is 69.6 cm³/mol. The Morgan fingerprint density at radius 2 is 1.43 bits per heavy atom. The van der Waals surface area contributed by atoms with E-state index in [1.807, 2.05) is 0 Å². The van der Waals surface area contributed by atoms with Crippen molar-refractivity contribution in [1.82, 2.24) is 0 Å². The maximum atomic E-state index is 13.4. The molecular formula is C15H8F2O4. The summed E-state index contributed by atoms with van der Waals surface area (Å²) >= 11 is 0. The molecule has 1 aliphatic rings. The minimum absolute atomic E-state index is 0.205. The van der Waals surface area contributed by atoms with Crippen LogP contribution in [0.4, 0.5) is 8.78 Å². The van der Waals surface area contributed by atoms with Gasteiger partial charge in [-0.1, -0.05) is 13.2 Å². The van der Waals surface area contributed by atoms with Gasteiger partial charge in [0.25, 0.3) is 0 Å². The van der Waals surface area contributed by atoms with Crippen LogP contribution >= 0.6 is 0 Å². The van der Waals surface area contributed by atoms with Crippen LogP contribution in [0.25, 0.3) is 0 Å². The summed E-state index contributed by atoms with van der Waals surface area (Å²) in [6.07, 6.45) is 0. The number of benzene rings is 1. The Bertz CT molecular complexity index is 772. The van der Waals surface area contributed by atoms with E-state index in [2.05, 4.69) is 13.2 Å². The fourth-order valence-corrected chi connectivity index (χ4v) is 2.08. The monoisotopic (exact) mass is 290 g/mol. The zero-order chi connectivity index (χ0) is 15.9. The van der Waals surface area contributed by atoms with Crippen molar-refractivity contribution in [3.8, 4) is 0 Å². The number of hydrogen-bond acceptors (Lipinski definition) is 3. The van der Waals surface area contributed by atoms with Crippen molar-refractivity contribution < 1.29 is 28.3 Å². The lowest BCUT2D eigenvalue weighted by Gasteiger charge is -2.19. The molecule has 21 heavy (non-hydrogen) atoms. The van der Waals surface area contributed by atoms with Crippen LogP contribution in [0.1, 0.15) is 31.1 Å². The van der Waals surface area contributed by atoms with Gasteiger partial charge in [0.2, 0.25) is 0 Å². The molecule has 1 aliphatic carbocycles. The van der Waals surface area contributed by atoms with Crippen LogP contribution in [0.15, 0.2) is 54.2 Å². The van der Waals surface area contributed by atoms with E-state index in [1.165, 1.54) is 0 Å². The first kappa shape index (κ1) is 14.5. The first-order valence-electron chi connectivity index (χ1n) is 5.66. The highest BCUT2D eigenvalue weighted by atomic mass is 19.1. The summed E-state index contributed by atoms with van der Waals surface area (Å²) in [5, 5.41) is 8.88. The number of carbonyl (C=O) groups excluding carboxylic acids is 2. The summed E-state index contributed by atoms with van der Waals surface area (Å²) in [6.45, 7) is 5.82. The molecule has 0 atom stereocenters. The Morgan fingerprint density at radius 3 is 1.86 bits per heavy atom. The topological polar surface area (TPSA) is 71.4 Å². The maximum absolute atomic E-state index is 13.4. The van der Waals surface area contributed by atoms with Crippen molar-refractivity contribution in [1.29, 1.82) is 0 Å². The number of aromatic carboxylic acids is 1. The number of halogens is 2. The molecule has 1 N–H and O–H groups in total. The summed E-state index contributed by atoms with van der Waals surface area (Å²) in [4.78, 5) is 35.2. The summed E-state index contributed by atoms with van der Waals surface area (Å²) in [5.41, 5.74) is -2.38. The molecule has 4 nitrogen and oxygen atoms in total. The van der Waals surface area contributed by atoms with Crippen LogP contribution in [0, 0.1) is 0 Å². The van der Waals surface area contributed by atoms with E-state index < -0.39 is 40.3 Å². The van der Waals surface area contributed by atoms with Crippen molar-refractivity contribution in [2.75, 3.05) is 0 Å². The molecule has 0 spiro atoms. The molecule has 106 valence electrons. The van der Waals surface area contributed by atoms with Gasteiger partial charge in [-0.2, -0.15) is 0 Å². The Hall–Kier alpha value is -2.89. The van der Waals surface area contributed by atoms with Crippen molar-refractivity contribution in [3.05, 3.63) is 70.8 Å². The van der Waals surface area contributed by atoms with Gasteiger partial charge in [0, 0.05) is 11.1 Å². The zero-order valence-corrected chi connectivity index (χ0v) is 10.6. The maximum Gasteiger partial charge on any atom is 0.335 e. The van der Waals surface area contributed by atoms with E-state index >= 15 is 0 Å². The standard InChI is InChI=1S/C15H8F2O4/c1-6(16)11-12(7(2)17)14(19)10-5-8(15(20)21)3-4-9(10)13(11)18/h3-5H,1-2H2,(H,20,21). The number of hydrogen-bond donors (Lipinski definition) is 1. The fourth-order valence-electron chi connectivity index (χ4n) is 2.08. The van der Waals surface area contributed by atoms with Gasteiger partial charge >= 0.3 is 5.97 Å². The van der Waals surface area contributed by atoms with Gasteiger partial charge in [-0.25, -0.2) is 13.6 Å². The second kappa shape index (κ2) is 4.90. The molecule has 0 saturated carbocycles. The average molecular weight is 290 g/mol. The van der Waals surface area contributed by atoms with Crippen molar-refractivity contribution in [3.63, 3.8) is 0 Å². The Kier molecular flexibility index (Phi) is 3.39. The third kappa shape index (κ3) is 2.20. The molecule has 2 rings (SSSR count). The first-order chi connectivity index (χ1) is 9.75. The largest absolute Gasteiger partial charge is 0.478 e. The Labute approximate surface area is 117 Å². The number of ketones is 2. The van der Waals surface area contributed by atoms with Crippen LogP contribution < -0.4 is 0 Å². The molecule has 0 unspecified atom stereocenters. The SMILES string of the molecule is C=C(F)C1=C(C(=C)F)C(=O)c2cc(C(=O)O)ccc2C1=O. The van der Waals surface area contributed by atoms with Gasteiger partial charge in [-0.3, -0.25) is 9.59 Å². The molecule has 0 radical (unpaired) electrons. The van der Waals surface area contributed by atoms with Crippen molar-refractivity contribution in [2.45, 2.75) is 0 Å². The predicted octanol–water partition coefficient (Wildman–Crippen LogP) is 3.03. The lowest BCUT2D eigenvalue weighted by molar-refractivity contribution is 0.0696. The number of fused-ring (bicyclic) bond motifs is 1. The van der Waals surface area contributed by atoms with Crippen LogP contribution in [0.2, 0.25) is 0 Å². The normalized spacial score (nSPS) is 14.0. The molecule has 1 aromatic rings. The summed E-state index contributed by atoms with van der Waals surface area (Å²) in [5.74, 6) is -5.80. The summed E-state index contributed by atoms with van der Waals surface area (Å²) in [6, 6.07) is 3.12. The molecule has 0 heterocycles. The van der Waals surface area contributed by atoms with Crippen molar-refractivity contribution in [2.24, 2.45) is 0 Å². The molecule has 6 heteroatoms. The Balaban J connectivity index is 2.78. The van der Waals surface area contributed by atoms with E-state index in [9.17, 15) is 23.2 Å². The fraction of sp³-hybridized carbons (Fsp3) is 0. The number of carbonyl (C=O) groups is 3. The quantitative estimate of drug-likeness (QED) is 0.928. The minimum Gasteiger partial charge on any atom is -0.478 e. The Morgan fingerprint density at radius 1 is 0.952 bits per heavy atom. The number of allylic oxidation sites excluding steroid dienone is 4. The van der Waals surface area contributed by atoms with Crippen LogP contribution in [0.3, 0.4) is 0 Å². The highest BCUT2D eigenvalue weighted by Gasteiger charge is 2.35. The van der Waals surface area contributed by atoms with Gasteiger partial charge in [0.1, 0.15) is 11.7 Å². The van der Waals surface area contributed by atoms with Gasteiger partial charge in [0.05, 0.1) is 16.7 Å². The molecule has 0 amide bonds. The number of Topliss-reactive ketones (excluding diaryl/α,β-unsaturated/α-hetero) is 2. The second-order valence-electron chi connectivity index (χ2n) is 4.28. The van der Waals surface area contributed by atoms with Gasteiger partial charge in [-0.05, 0) is 18.2 Å². The summed E-state index contributed by atoms with van der Waals surface area (Å²) < 4.78 is 26.8. The van der Waals surface area contributed by atoms with E-state index in [1.54, 1.807) is 0 Å². The zero-order valence-electron chi connectivity index (χ0n) is 10.6. The van der Waals surface area contributed by atoms with Gasteiger partial charge < -0.3 is 5.11 Å². The van der Waals surface area contributed by atoms with E-state index in [-0.39, 0.29) is 16.7 Å². The average Bonchev–Trinajstić information content (AvgIpc) is 2.40. The van der Waals surface area contributed by atoms with Gasteiger partial charge in [-0.15, -0.1) is 0 Å². The lowest BCUT2D eigenvalue weighted by Crippen LogP contribution is -2.23. The van der Waals surface area contributed by atoms with Gasteiger partial charge in [0.15, 0.2) is 11.6 Å². The third-order valence-electron chi connectivity index (χ3n) is 3.00. The lowest BCUT2D eigenvalue weighted by atomic mass is 9.82. The third-order valence-corrected chi connectivity index (χ3v) is 3.00. The number of rotatable bonds is 3.